The lowest BCUT2D eigenvalue weighted by Crippen LogP contribution is -2.50. The lowest BCUT2D eigenvalue weighted by atomic mass is 10.0. The van der Waals surface area contributed by atoms with Gasteiger partial charge in [-0.05, 0) is 29.6 Å². The molecule has 2 amide bonds. The summed E-state index contributed by atoms with van der Waals surface area (Å²) in [6.07, 6.45) is 0. The van der Waals surface area contributed by atoms with E-state index in [0.29, 0.717) is 41.3 Å². The SMILES string of the molecule is COc1ccc(Cl)cc1NC(=O)N1CC(c2nc(-c3ccsc3)no2)C1. The summed E-state index contributed by atoms with van der Waals surface area (Å²) in [5.41, 5.74) is 1.47. The Balaban J connectivity index is 1.37. The standard InChI is InChI=1S/C17H15ClN4O3S/c1-24-14-3-2-12(18)6-13(14)19-17(23)22-7-11(8-22)16-20-15(21-25-16)10-4-5-26-9-10/h2-6,9,11H,7-8H2,1H3,(H,19,23). The van der Waals surface area contributed by atoms with E-state index in [0.717, 1.165) is 5.56 Å². The Morgan fingerprint density at radius 3 is 3.00 bits per heavy atom. The average Bonchev–Trinajstić information content (AvgIpc) is 3.25. The molecule has 9 heteroatoms. The van der Waals surface area contributed by atoms with E-state index in [1.54, 1.807) is 41.5 Å². The molecule has 2 aromatic heterocycles. The number of aromatic nitrogens is 2. The number of carbonyl (C=O) groups excluding carboxylic acids is 1. The molecule has 134 valence electrons. The number of benzene rings is 1. The van der Waals surface area contributed by atoms with E-state index in [-0.39, 0.29) is 11.9 Å². The maximum Gasteiger partial charge on any atom is 0.321 e. The molecule has 1 aliphatic heterocycles. The zero-order chi connectivity index (χ0) is 18.1. The van der Waals surface area contributed by atoms with Crippen molar-refractivity contribution in [2.75, 3.05) is 25.5 Å². The lowest BCUT2D eigenvalue weighted by Gasteiger charge is -2.36. The average molecular weight is 391 g/mol. The Morgan fingerprint density at radius 1 is 1.42 bits per heavy atom. The molecule has 0 bridgehead atoms. The number of anilines is 1. The van der Waals surface area contributed by atoms with Crippen LogP contribution in [0.5, 0.6) is 5.75 Å². The second kappa shape index (κ2) is 6.97. The number of likely N-dealkylation sites (tertiary alicyclic amines) is 1. The fraction of sp³-hybridized carbons (Fsp3) is 0.235. The van der Waals surface area contributed by atoms with Gasteiger partial charge in [-0.25, -0.2) is 4.79 Å². The molecule has 0 unspecified atom stereocenters. The van der Waals surface area contributed by atoms with Crippen molar-refractivity contribution in [3.05, 3.63) is 45.9 Å². The minimum absolute atomic E-state index is 0.0434. The molecule has 1 N–H and O–H groups in total. The van der Waals surface area contributed by atoms with Crippen LogP contribution in [0.4, 0.5) is 10.5 Å². The molecule has 3 aromatic rings. The van der Waals surface area contributed by atoms with Crippen molar-refractivity contribution in [3.63, 3.8) is 0 Å². The van der Waals surface area contributed by atoms with Crippen molar-refractivity contribution < 1.29 is 14.1 Å². The van der Waals surface area contributed by atoms with Gasteiger partial charge in [-0.3, -0.25) is 0 Å². The van der Waals surface area contributed by atoms with Crippen LogP contribution in [-0.4, -0.2) is 41.3 Å². The van der Waals surface area contributed by atoms with Gasteiger partial charge in [-0.2, -0.15) is 16.3 Å². The first-order valence-electron chi connectivity index (χ1n) is 7.89. The highest BCUT2D eigenvalue weighted by Crippen LogP contribution is 2.31. The van der Waals surface area contributed by atoms with Crippen molar-refractivity contribution >= 4 is 34.7 Å². The molecule has 26 heavy (non-hydrogen) atoms. The maximum absolute atomic E-state index is 12.4. The summed E-state index contributed by atoms with van der Waals surface area (Å²) in [7, 11) is 1.54. The van der Waals surface area contributed by atoms with Gasteiger partial charge in [0, 0.05) is 29.1 Å². The Kier molecular flexibility index (Phi) is 4.52. The highest BCUT2D eigenvalue weighted by Gasteiger charge is 2.36. The minimum Gasteiger partial charge on any atom is -0.495 e. The molecule has 1 aliphatic rings. The number of halogens is 1. The van der Waals surface area contributed by atoms with Crippen molar-refractivity contribution in [1.82, 2.24) is 15.0 Å². The van der Waals surface area contributed by atoms with Gasteiger partial charge in [0.25, 0.3) is 0 Å². The van der Waals surface area contributed by atoms with Gasteiger partial charge in [-0.1, -0.05) is 16.8 Å². The first-order valence-corrected chi connectivity index (χ1v) is 9.22. The van der Waals surface area contributed by atoms with E-state index >= 15 is 0 Å². The van der Waals surface area contributed by atoms with Crippen LogP contribution in [0.15, 0.2) is 39.5 Å². The van der Waals surface area contributed by atoms with Gasteiger partial charge < -0.3 is 19.5 Å². The van der Waals surface area contributed by atoms with Crippen LogP contribution in [0.2, 0.25) is 5.02 Å². The van der Waals surface area contributed by atoms with E-state index in [1.165, 1.54) is 0 Å². The van der Waals surface area contributed by atoms with Crippen LogP contribution >= 0.6 is 22.9 Å². The summed E-state index contributed by atoms with van der Waals surface area (Å²) < 4.78 is 10.6. The molecule has 1 saturated heterocycles. The van der Waals surface area contributed by atoms with Crippen LogP contribution < -0.4 is 10.1 Å². The van der Waals surface area contributed by atoms with Crippen molar-refractivity contribution in [2.24, 2.45) is 0 Å². The Bertz CT molecular complexity index is 922. The number of hydrogen-bond acceptors (Lipinski definition) is 6. The largest absolute Gasteiger partial charge is 0.495 e. The molecule has 7 nitrogen and oxygen atoms in total. The maximum atomic E-state index is 12.4. The summed E-state index contributed by atoms with van der Waals surface area (Å²) in [5, 5.41) is 11.3. The molecular weight excluding hydrogens is 376 g/mol. The van der Waals surface area contributed by atoms with Crippen LogP contribution in [0.1, 0.15) is 11.8 Å². The normalized spacial score (nSPS) is 14.2. The van der Waals surface area contributed by atoms with E-state index < -0.39 is 0 Å². The summed E-state index contributed by atoms with van der Waals surface area (Å²) in [5.74, 6) is 1.72. The highest BCUT2D eigenvalue weighted by atomic mass is 35.5. The second-order valence-electron chi connectivity index (χ2n) is 5.84. The van der Waals surface area contributed by atoms with Crippen LogP contribution in [0, 0.1) is 0 Å². The van der Waals surface area contributed by atoms with Gasteiger partial charge in [0.1, 0.15) is 5.75 Å². The summed E-state index contributed by atoms with van der Waals surface area (Å²) in [6, 6.07) is 6.79. The molecule has 0 radical (unpaired) electrons. The topological polar surface area (TPSA) is 80.5 Å². The summed E-state index contributed by atoms with van der Waals surface area (Å²) >= 11 is 7.56. The molecule has 4 rings (SSSR count). The monoisotopic (exact) mass is 390 g/mol. The van der Waals surface area contributed by atoms with Crippen LogP contribution in [0.25, 0.3) is 11.4 Å². The first-order chi connectivity index (χ1) is 12.6. The molecule has 0 spiro atoms. The Hall–Kier alpha value is -2.58. The predicted octanol–water partition coefficient (Wildman–Crippen LogP) is 4.09. The number of amides is 2. The molecule has 0 saturated carbocycles. The van der Waals surface area contributed by atoms with Gasteiger partial charge in [0.05, 0.1) is 18.7 Å². The van der Waals surface area contributed by atoms with Gasteiger partial charge >= 0.3 is 6.03 Å². The second-order valence-corrected chi connectivity index (χ2v) is 7.06. The quantitative estimate of drug-likeness (QED) is 0.725. The minimum atomic E-state index is -0.223. The van der Waals surface area contributed by atoms with E-state index in [9.17, 15) is 4.79 Å². The third-order valence-electron chi connectivity index (χ3n) is 4.14. The predicted molar refractivity (Wildman–Crippen MR) is 98.9 cm³/mol. The smallest absolute Gasteiger partial charge is 0.321 e. The molecule has 0 aliphatic carbocycles. The third-order valence-corrected chi connectivity index (χ3v) is 5.06. The zero-order valence-corrected chi connectivity index (χ0v) is 15.4. The third kappa shape index (κ3) is 3.25. The molecule has 0 atom stereocenters. The number of urea groups is 1. The van der Waals surface area contributed by atoms with Crippen LogP contribution in [0.3, 0.4) is 0 Å². The number of carbonyl (C=O) groups is 1. The fourth-order valence-corrected chi connectivity index (χ4v) is 3.49. The summed E-state index contributed by atoms with van der Waals surface area (Å²) in [4.78, 5) is 18.5. The molecule has 1 aromatic carbocycles. The van der Waals surface area contributed by atoms with E-state index in [1.807, 2.05) is 16.8 Å². The van der Waals surface area contributed by atoms with Crippen molar-refractivity contribution in [1.29, 1.82) is 0 Å². The number of thiophene rings is 1. The highest BCUT2D eigenvalue weighted by molar-refractivity contribution is 7.08. The number of hydrogen-bond donors (Lipinski definition) is 1. The number of nitrogens with zero attached hydrogens (tertiary/aromatic N) is 3. The van der Waals surface area contributed by atoms with E-state index in [4.69, 9.17) is 20.9 Å². The van der Waals surface area contributed by atoms with E-state index in [2.05, 4.69) is 15.5 Å². The zero-order valence-electron chi connectivity index (χ0n) is 13.8. The number of ether oxygens (including phenoxy) is 1. The molecular formula is C17H15ClN4O3S. The van der Waals surface area contributed by atoms with Gasteiger partial charge in [0.2, 0.25) is 11.7 Å². The molecule has 1 fully saturated rings. The number of rotatable bonds is 4. The van der Waals surface area contributed by atoms with Crippen molar-refractivity contribution in [3.8, 4) is 17.1 Å². The number of nitrogens with one attached hydrogen (secondary N) is 1. The van der Waals surface area contributed by atoms with Gasteiger partial charge in [-0.15, -0.1) is 0 Å². The lowest BCUT2D eigenvalue weighted by molar-refractivity contribution is 0.147. The Labute approximate surface area is 158 Å². The first kappa shape index (κ1) is 16.9. The van der Waals surface area contributed by atoms with Crippen molar-refractivity contribution in [2.45, 2.75) is 5.92 Å². The Morgan fingerprint density at radius 2 is 2.27 bits per heavy atom. The van der Waals surface area contributed by atoms with Crippen LogP contribution in [-0.2, 0) is 0 Å². The number of methoxy groups -OCH3 is 1. The summed E-state index contributed by atoms with van der Waals surface area (Å²) in [6.45, 7) is 1.03. The fourth-order valence-electron chi connectivity index (χ4n) is 2.68. The molecule has 3 heterocycles. The van der Waals surface area contributed by atoms with Gasteiger partial charge in [0.15, 0.2) is 0 Å².